The van der Waals surface area contributed by atoms with E-state index < -0.39 is 0 Å². The molecular formula is C25H19FN6O. The molecule has 0 saturated carbocycles. The van der Waals surface area contributed by atoms with E-state index in [0.717, 1.165) is 22.5 Å². The summed E-state index contributed by atoms with van der Waals surface area (Å²) in [5.74, 6) is -0.241. The average Bonchev–Trinajstić information content (AvgIpc) is 3.25. The normalized spacial score (nSPS) is 10.8. The summed E-state index contributed by atoms with van der Waals surface area (Å²) in [7, 11) is 0. The Labute approximate surface area is 188 Å². The molecule has 33 heavy (non-hydrogen) atoms. The van der Waals surface area contributed by atoms with Crippen LogP contribution in [0.4, 0.5) is 21.7 Å². The number of nitrogens with zero attached hydrogens (tertiary/aromatic N) is 3. The lowest BCUT2D eigenvalue weighted by Gasteiger charge is -2.12. The molecule has 8 heteroatoms. The molecule has 162 valence electrons. The lowest BCUT2D eigenvalue weighted by molar-refractivity contribution is 0.102. The second kappa shape index (κ2) is 8.51. The highest BCUT2D eigenvalue weighted by atomic mass is 19.1. The molecule has 1 amide bonds. The Morgan fingerprint density at radius 1 is 1.03 bits per heavy atom. The van der Waals surface area contributed by atoms with Gasteiger partial charge in [0.25, 0.3) is 5.91 Å². The van der Waals surface area contributed by atoms with Crippen LogP contribution in [0.5, 0.6) is 0 Å². The zero-order valence-electron chi connectivity index (χ0n) is 17.6. The molecule has 3 aromatic heterocycles. The summed E-state index contributed by atoms with van der Waals surface area (Å²) < 4.78 is 13.4. The number of hydrogen-bond donors (Lipinski definition) is 3. The Morgan fingerprint density at radius 3 is 2.79 bits per heavy atom. The summed E-state index contributed by atoms with van der Waals surface area (Å²) in [5, 5.41) is 6.73. The van der Waals surface area contributed by atoms with E-state index in [1.807, 2.05) is 43.3 Å². The number of aromatic nitrogens is 4. The molecule has 0 aliphatic rings. The minimum Gasteiger partial charge on any atom is -0.351 e. The van der Waals surface area contributed by atoms with Crippen molar-refractivity contribution in [2.24, 2.45) is 0 Å². The fraction of sp³-hybridized carbons (Fsp3) is 0.0400. The number of rotatable bonds is 5. The van der Waals surface area contributed by atoms with Gasteiger partial charge >= 0.3 is 0 Å². The fourth-order valence-corrected chi connectivity index (χ4v) is 3.47. The highest BCUT2D eigenvalue weighted by Crippen LogP contribution is 2.25. The Morgan fingerprint density at radius 2 is 1.94 bits per heavy atom. The molecule has 2 aromatic carbocycles. The molecule has 3 heterocycles. The average molecular weight is 438 g/mol. The summed E-state index contributed by atoms with van der Waals surface area (Å²) in [6, 6.07) is 17.1. The van der Waals surface area contributed by atoms with Crippen LogP contribution in [-0.4, -0.2) is 25.8 Å². The molecule has 0 bridgehead atoms. The number of pyridine rings is 1. The number of halogens is 1. The van der Waals surface area contributed by atoms with Crippen molar-refractivity contribution < 1.29 is 9.18 Å². The van der Waals surface area contributed by atoms with Crippen molar-refractivity contribution in [3.63, 3.8) is 0 Å². The zero-order chi connectivity index (χ0) is 22.8. The second-order valence-electron chi connectivity index (χ2n) is 7.53. The lowest BCUT2D eigenvalue weighted by atomic mass is 10.1. The van der Waals surface area contributed by atoms with E-state index in [1.54, 1.807) is 30.7 Å². The van der Waals surface area contributed by atoms with E-state index in [0.29, 0.717) is 28.2 Å². The van der Waals surface area contributed by atoms with Crippen molar-refractivity contribution in [3.8, 4) is 11.3 Å². The first-order valence-electron chi connectivity index (χ1n) is 10.3. The van der Waals surface area contributed by atoms with E-state index in [-0.39, 0.29) is 11.7 Å². The summed E-state index contributed by atoms with van der Waals surface area (Å²) in [6.07, 6.45) is 5.13. The molecule has 5 rings (SSSR count). The summed E-state index contributed by atoms with van der Waals surface area (Å²) >= 11 is 0. The van der Waals surface area contributed by atoms with Crippen molar-refractivity contribution in [1.29, 1.82) is 0 Å². The maximum Gasteiger partial charge on any atom is 0.272 e. The maximum absolute atomic E-state index is 13.4. The van der Waals surface area contributed by atoms with Crippen molar-refractivity contribution in [3.05, 3.63) is 96.3 Å². The van der Waals surface area contributed by atoms with Gasteiger partial charge in [0.05, 0.1) is 5.69 Å². The van der Waals surface area contributed by atoms with Gasteiger partial charge in [0.1, 0.15) is 11.5 Å². The molecular weight excluding hydrogens is 419 g/mol. The SMILES string of the molecule is Cc1ccc(NC(=O)c2cc3cc(F)ccc3[nH]2)cc1Nc1nccc(-c2cccnc2)n1. The Balaban J connectivity index is 1.36. The molecule has 0 fully saturated rings. The third-order valence-corrected chi connectivity index (χ3v) is 5.18. The van der Waals surface area contributed by atoms with Gasteiger partial charge in [-0.1, -0.05) is 6.07 Å². The number of hydrogen-bond acceptors (Lipinski definition) is 5. The zero-order valence-corrected chi connectivity index (χ0v) is 17.6. The van der Waals surface area contributed by atoms with Crippen molar-refractivity contribution in [2.45, 2.75) is 6.92 Å². The fourth-order valence-electron chi connectivity index (χ4n) is 3.47. The number of aromatic amines is 1. The van der Waals surface area contributed by atoms with Gasteiger partial charge in [-0.15, -0.1) is 0 Å². The molecule has 7 nitrogen and oxygen atoms in total. The van der Waals surface area contributed by atoms with Gasteiger partial charge in [-0.05, 0) is 67.1 Å². The van der Waals surface area contributed by atoms with Gasteiger partial charge < -0.3 is 15.6 Å². The topological polar surface area (TPSA) is 95.6 Å². The van der Waals surface area contributed by atoms with Crippen LogP contribution >= 0.6 is 0 Å². The lowest BCUT2D eigenvalue weighted by Crippen LogP contribution is -2.12. The Hall–Kier alpha value is -4.59. The van der Waals surface area contributed by atoms with Crippen LogP contribution in [0.3, 0.4) is 0 Å². The highest BCUT2D eigenvalue weighted by molar-refractivity contribution is 6.06. The molecule has 0 aliphatic heterocycles. The van der Waals surface area contributed by atoms with Crippen LogP contribution in [0.15, 0.2) is 79.3 Å². The minimum atomic E-state index is -0.350. The van der Waals surface area contributed by atoms with Gasteiger partial charge in [0.2, 0.25) is 5.95 Å². The van der Waals surface area contributed by atoms with E-state index in [2.05, 4.69) is 30.6 Å². The van der Waals surface area contributed by atoms with Gasteiger partial charge in [-0.3, -0.25) is 9.78 Å². The largest absolute Gasteiger partial charge is 0.351 e. The second-order valence-corrected chi connectivity index (χ2v) is 7.53. The smallest absolute Gasteiger partial charge is 0.272 e. The predicted molar refractivity (Wildman–Crippen MR) is 126 cm³/mol. The first-order valence-corrected chi connectivity index (χ1v) is 10.3. The first kappa shape index (κ1) is 20.3. The van der Waals surface area contributed by atoms with Gasteiger partial charge in [0, 0.05) is 46.4 Å². The maximum atomic E-state index is 13.4. The predicted octanol–water partition coefficient (Wildman–Crippen LogP) is 5.46. The molecule has 0 spiro atoms. The number of anilines is 3. The Kier molecular flexibility index (Phi) is 5.24. The number of nitrogens with one attached hydrogen (secondary N) is 3. The summed E-state index contributed by atoms with van der Waals surface area (Å²) in [6.45, 7) is 1.95. The highest BCUT2D eigenvalue weighted by Gasteiger charge is 2.12. The van der Waals surface area contributed by atoms with Crippen molar-refractivity contribution in [1.82, 2.24) is 19.9 Å². The molecule has 0 aliphatic carbocycles. The number of amides is 1. The van der Waals surface area contributed by atoms with Crippen LogP contribution in [0.1, 0.15) is 16.1 Å². The number of carbonyl (C=O) groups excluding carboxylic acids is 1. The summed E-state index contributed by atoms with van der Waals surface area (Å²) in [4.78, 5) is 28.7. The van der Waals surface area contributed by atoms with Crippen LogP contribution < -0.4 is 10.6 Å². The minimum absolute atomic E-state index is 0.323. The molecule has 3 N–H and O–H groups in total. The third-order valence-electron chi connectivity index (χ3n) is 5.18. The molecule has 5 aromatic rings. The van der Waals surface area contributed by atoms with Crippen LogP contribution in [0, 0.1) is 12.7 Å². The number of H-pyrrole nitrogens is 1. The summed E-state index contributed by atoms with van der Waals surface area (Å²) in [5.41, 5.74) is 4.99. The van der Waals surface area contributed by atoms with Crippen LogP contribution in [0.2, 0.25) is 0 Å². The van der Waals surface area contributed by atoms with Crippen LogP contribution in [-0.2, 0) is 0 Å². The van der Waals surface area contributed by atoms with E-state index in [9.17, 15) is 9.18 Å². The molecule has 0 radical (unpaired) electrons. The molecule has 0 saturated heterocycles. The van der Waals surface area contributed by atoms with Crippen LogP contribution in [0.25, 0.3) is 22.2 Å². The van der Waals surface area contributed by atoms with Crippen molar-refractivity contribution in [2.75, 3.05) is 10.6 Å². The van der Waals surface area contributed by atoms with Gasteiger partial charge in [-0.25, -0.2) is 14.4 Å². The van der Waals surface area contributed by atoms with Gasteiger partial charge in [-0.2, -0.15) is 0 Å². The number of aryl methyl sites for hydroxylation is 1. The molecule has 0 unspecified atom stereocenters. The van der Waals surface area contributed by atoms with E-state index >= 15 is 0 Å². The monoisotopic (exact) mass is 438 g/mol. The number of benzene rings is 2. The van der Waals surface area contributed by atoms with Gasteiger partial charge in [0.15, 0.2) is 0 Å². The van der Waals surface area contributed by atoms with Crippen molar-refractivity contribution >= 4 is 34.1 Å². The Bertz CT molecular complexity index is 1460. The van der Waals surface area contributed by atoms with E-state index in [4.69, 9.17) is 0 Å². The standard InChI is InChI=1S/C25H19FN6O/c1-15-4-6-19(29-24(33)23-12-17-11-18(26)5-7-20(17)30-23)13-22(15)32-25-28-10-8-21(31-25)16-3-2-9-27-14-16/h2-14,30H,1H3,(H,29,33)(H,28,31,32). The van der Waals surface area contributed by atoms with E-state index in [1.165, 1.54) is 12.1 Å². The molecule has 0 atom stereocenters. The number of fused-ring (bicyclic) bond motifs is 1. The first-order chi connectivity index (χ1) is 16.0. The quantitative estimate of drug-likeness (QED) is 0.338. The third kappa shape index (κ3) is 4.40. The number of carbonyl (C=O) groups is 1.